The van der Waals surface area contributed by atoms with Crippen LogP contribution in [0, 0.1) is 0 Å². The maximum Gasteiger partial charge on any atom is -0.00678 e. The van der Waals surface area contributed by atoms with Crippen LogP contribution >= 0.6 is 8.20 Å². The van der Waals surface area contributed by atoms with E-state index in [0.29, 0.717) is 0 Å². The van der Waals surface area contributed by atoms with E-state index in [1.807, 2.05) is 0 Å². The molecule has 0 aromatic heterocycles. The molecule has 1 heteroatoms. The first-order valence-electron chi connectivity index (χ1n) is 7.03. The second-order valence-electron chi connectivity index (χ2n) is 4.93. The van der Waals surface area contributed by atoms with Crippen molar-refractivity contribution in [3.8, 4) is 0 Å². The third-order valence-electron chi connectivity index (χ3n) is 3.46. The first-order valence-corrected chi connectivity index (χ1v) is 7.99. The van der Waals surface area contributed by atoms with Gasteiger partial charge in [0.1, 0.15) is 0 Å². The van der Waals surface area contributed by atoms with Gasteiger partial charge in [0.25, 0.3) is 0 Å². The van der Waals surface area contributed by atoms with Gasteiger partial charge in [-0.25, -0.2) is 0 Å². The Bertz CT molecular complexity index is 419. The molecule has 2 aliphatic rings. The van der Waals surface area contributed by atoms with Crippen molar-refractivity contribution in [2.75, 3.05) is 0 Å². The molecule has 0 fully saturated rings. The summed E-state index contributed by atoms with van der Waals surface area (Å²) < 4.78 is 0. The van der Waals surface area contributed by atoms with Gasteiger partial charge in [0.2, 0.25) is 0 Å². The Balaban J connectivity index is 2.35. The minimum absolute atomic E-state index is 1.26. The van der Waals surface area contributed by atoms with Crippen molar-refractivity contribution in [2.24, 2.45) is 0 Å². The van der Waals surface area contributed by atoms with Gasteiger partial charge in [0.05, 0.1) is 0 Å². The topological polar surface area (TPSA) is 0 Å². The quantitative estimate of drug-likeness (QED) is 0.532. The van der Waals surface area contributed by atoms with Crippen LogP contribution in [0.15, 0.2) is 33.7 Å². The van der Waals surface area contributed by atoms with Crippen molar-refractivity contribution in [3.63, 3.8) is 0 Å². The van der Waals surface area contributed by atoms with Gasteiger partial charge >= 0.3 is 0 Å². The van der Waals surface area contributed by atoms with Gasteiger partial charge < -0.3 is 0 Å². The lowest BCUT2D eigenvalue weighted by Gasteiger charge is -2.10. The summed E-state index contributed by atoms with van der Waals surface area (Å²) in [4.78, 5) is 0. The van der Waals surface area contributed by atoms with Crippen molar-refractivity contribution in [1.82, 2.24) is 0 Å². The maximum atomic E-state index is 2.46. The maximum absolute atomic E-state index is 2.46. The van der Waals surface area contributed by atoms with Crippen LogP contribution in [0.25, 0.3) is 0 Å². The van der Waals surface area contributed by atoms with E-state index >= 15 is 0 Å². The van der Waals surface area contributed by atoms with Crippen molar-refractivity contribution >= 4 is 14.0 Å². The zero-order valence-corrected chi connectivity index (χ0v) is 12.2. The Kier molecular flexibility index (Phi) is 4.40. The molecule has 0 aromatic rings. The van der Waals surface area contributed by atoms with E-state index in [2.05, 4.69) is 32.6 Å². The molecule has 0 N–H and O–H groups in total. The molecule has 0 unspecified atom stereocenters. The van der Waals surface area contributed by atoms with Gasteiger partial charge in [0, 0.05) is 0 Å². The molecule has 0 bridgehead atoms. The largest absolute Gasteiger partial charge is 0.0716 e. The lowest BCUT2D eigenvalue weighted by molar-refractivity contribution is 0.866. The fourth-order valence-corrected chi connectivity index (χ4v) is 4.04. The summed E-state index contributed by atoms with van der Waals surface area (Å²) in [5, 5.41) is 1.67. The van der Waals surface area contributed by atoms with Crippen molar-refractivity contribution in [2.45, 2.75) is 59.3 Å². The summed E-state index contributed by atoms with van der Waals surface area (Å²) in [7, 11) is 1.46. The fourth-order valence-electron chi connectivity index (χ4n) is 2.79. The van der Waals surface area contributed by atoms with E-state index in [1.54, 1.807) is 22.0 Å². The fraction of sp³-hybridized carbons (Fsp3) is 0.562. The average molecular weight is 246 g/mol. The Morgan fingerprint density at radius 2 is 1.65 bits per heavy atom. The molecule has 0 aromatic carbocycles. The SMILES string of the molecule is CCCC1=C(CCC)C2=C(CCC)P=CC2=C1. The van der Waals surface area contributed by atoms with Crippen LogP contribution in [-0.4, -0.2) is 5.80 Å². The molecule has 92 valence electrons. The molecule has 1 aliphatic carbocycles. The van der Waals surface area contributed by atoms with Crippen LogP contribution in [0.1, 0.15) is 59.3 Å². The predicted molar refractivity (Wildman–Crippen MR) is 79.8 cm³/mol. The van der Waals surface area contributed by atoms with E-state index in [1.165, 1.54) is 52.3 Å². The minimum Gasteiger partial charge on any atom is -0.0716 e. The number of hydrogen-bond donors (Lipinski definition) is 0. The summed E-state index contributed by atoms with van der Waals surface area (Å²) in [5.74, 6) is 2.42. The third-order valence-corrected chi connectivity index (χ3v) is 4.63. The standard InChI is InChI=1S/C16H23P/c1-4-7-12-10-13-11-17-15(9-6-3)16(13)14(12)8-5-2/h10-11H,4-9H2,1-3H3. The smallest absolute Gasteiger partial charge is 0.00678 e. The molecule has 0 spiro atoms. The third kappa shape index (κ3) is 2.47. The molecule has 0 atom stereocenters. The lowest BCUT2D eigenvalue weighted by atomic mass is 9.96. The molecule has 1 aliphatic heterocycles. The predicted octanol–water partition coefficient (Wildman–Crippen LogP) is 5.64. The molecule has 17 heavy (non-hydrogen) atoms. The zero-order chi connectivity index (χ0) is 12.3. The molecule has 0 saturated carbocycles. The van der Waals surface area contributed by atoms with Gasteiger partial charge in [-0.3, -0.25) is 0 Å². The molecule has 0 saturated heterocycles. The second kappa shape index (κ2) is 5.83. The first-order chi connectivity index (χ1) is 8.31. The molecule has 0 radical (unpaired) electrons. The van der Waals surface area contributed by atoms with Gasteiger partial charge in [-0.15, -0.1) is 0 Å². The van der Waals surface area contributed by atoms with E-state index in [4.69, 9.17) is 0 Å². The Labute approximate surface area is 107 Å². The van der Waals surface area contributed by atoms with Gasteiger partial charge in [0.15, 0.2) is 0 Å². The molecule has 0 amide bonds. The first kappa shape index (κ1) is 12.8. The molecular formula is C16H23P. The lowest BCUT2D eigenvalue weighted by Crippen LogP contribution is -1.92. The summed E-state index contributed by atoms with van der Waals surface area (Å²) in [6.07, 6.45) is 10.1. The second-order valence-corrected chi connectivity index (χ2v) is 5.99. The highest BCUT2D eigenvalue weighted by Crippen LogP contribution is 2.45. The van der Waals surface area contributed by atoms with Crippen LogP contribution < -0.4 is 0 Å². The molecular weight excluding hydrogens is 223 g/mol. The Morgan fingerprint density at radius 1 is 0.941 bits per heavy atom. The van der Waals surface area contributed by atoms with Crippen molar-refractivity contribution < 1.29 is 0 Å². The highest BCUT2D eigenvalue weighted by molar-refractivity contribution is 7.44. The van der Waals surface area contributed by atoms with E-state index < -0.39 is 0 Å². The average Bonchev–Trinajstić information content (AvgIpc) is 2.83. The number of hydrogen-bond acceptors (Lipinski definition) is 0. The highest BCUT2D eigenvalue weighted by Gasteiger charge is 2.25. The van der Waals surface area contributed by atoms with Gasteiger partial charge in [-0.05, 0) is 52.7 Å². The summed E-state index contributed by atoms with van der Waals surface area (Å²) in [6.45, 7) is 6.87. The molecule has 1 heterocycles. The summed E-state index contributed by atoms with van der Waals surface area (Å²) >= 11 is 0. The van der Waals surface area contributed by atoms with Crippen LogP contribution in [0.4, 0.5) is 0 Å². The van der Waals surface area contributed by atoms with E-state index in [0.717, 1.165) is 0 Å². The number of rotatable bonds is 6. The zero-order valence-electron chi connectivity index (χ0n) is 11.3. The van der Waals surface area contributed by atoms with Crippen molar-refractivity contribution in [1.29, 1.82) is 0 Å². The number of fused-ring (bicyclic) bond motifs is 1. The Hall–Kier alpha value is -0.610. The minimum atomic E-state index is 1.26. The highest BCUT2D eigenvalue weighted by atomic mass is 31.1. The monoisotopic (exact) mass is 246 g/mol. The molecule has 0 nitrogen and oxygen atoms in total. The van der Waals surface area contributed by atoms with Gasteiger partial charge in [-0.1, -0.05) is 54.3 Å². The van der Waals surface area contributed by atoms with Gasteiger partial charge in [-0.2, -0.15) is 0 Å². The number of allylic oxidation sites excluding steroid dienone is 6. The van der Waals surface area contributed by atoms with Crippen LogP contribution in [-0.2, 0) is 0 Å². The van der Waals surface area contributed by atoms with Crippen LogP contribution in [0.2, 0.25) is 0 Å². The summed E-state index contributed by atoms with van der Waals surface area (Å²) in [6, 6.07) is 0. The normalized spacial score (nSPS) is 19.1. The van der Waals surface area contributed by atoms with E-state index in [-0.39, 0.29) is 0 Å². The summed E-state index contributed by atoms with van der Waals surface area (Å²) in [5.41, 5.74) is 6.47. The van der Waals surface area contributed by atoms with Crippen LogP contribution in [0.5, 0.6) is 0 Å². The Morgan fingerprint density at radius 3 is 2.29 bits per heavy atom. The van der Waals surface area contributed by atoms with E-state index in [9.17, 15) is 0 Å². The van der Waals surface area contributed by atoms with Crippen LogP contribution in [0.3, 0.4) is 0 Å². The van der Waals surface area contributed by atoms with Crippen molar-refractivity contribution in [3.05, 3.63) is 33.7 Å². The molecule has 2 rings (SSSR count).